The molecule has 0 amide bonds. The number of unbranched alkanes of at least 4 members (excludes halogenated alkanes) is 6. The maximum Gasteiger partial charge on any atom is 0.338 e. The van der Waals surface area contributed by atoms with Gasteiger partial charge in [0.25, 0.3) is 0 Å². The Labute approximate surface area is 167 Å². The first kappa shape index (κ1) is 22.0. The SMILES string of the molecule is CCCCCCC[C@H]1CC[C@H](c2ccc(C(=O)OCCCCC)cc2)CC1. The quantitative estimate of drug-likeness (QED) is 0.278. The Hall–Kier alpha value is -1.31. The highest BCUT2D eigenvalue weighted by Crippen LogP contribution is 2.37. The molecule has 0 atom stereocenters. The molecule has 152 valence electrons. The standard InChI is InChI=1S/C25H40O2/c1-3-5-7-8-9-11-21-12-14-22(15-13-21)23-16-18-24(19-17-23)25(26)27-20-10-6-4-2/h16-19,21-22H,3-15,20H2,1-2H3/t21-,22-. The summed E-state index contributed by atoms with van der Waals surface area (Å²) in [5, 5.41) is 0. The Bertz CT molecular complexity index is 512. The summed E-state index contributed by atoms with van der Waals surface area (Å²) in [5.74, 6) is 1.45. The molecule has 0 heterocycles. The minimum absolute atomic E-state index is 0.176. The Morgan fingerprint density at radius 3 is 2.15 bits per heavy atom. The Kier molecular flexibility index (Phi) is 10.6. The van der Waals surface area contributed by atoms with Crippen LogP contribution in [0.3, 0.4) is 0 Å². The number of rotatable bonds is 12. The zero-order valence-electron chi connectivity index (χ0n) is 17.7. The van der Waals surface area contributed by atoms with E-state index in [4.69, 9.17) is 4.74 Å². The molecule has 1 aromatic rings. The van der Waals surface area contributed by atoms with Gasteiger partial charge in [-0.05, 0) is 61.6 Å². The van der Waals surface area contributed by atoms with Gasteiger partial charge in [0.1, 0.15) is 0 Å². The fourth-order valence-electron chi connectivity index (χ4n) is 4.31. The first-order valence-corrected chi connectivity index (χ1v) is 11.5. The number of benzene rings is 1. The lowest BCUT2D eigenvalue weighted by Crippen LogP contribution is -2.13. The molecule has 0 aromatic heterocycles. The molecule has 0 unspecified atom stereocenters. The minimum Gasteiger partial charge on any atom is -0.462 e. The summed E-state index contributed by atoms with van der Waals surface area (Å²) in [4.78, 5) is 12.1. The first-order valence-electron chi connectivity index (χ1n) is 11.5. The zero-order valence-corrected chi connectivity index (χ0v) is 17.7. The van der Waals surface area contributed by atoms with Gasteiger partial charge >= 0.3 is 5.97 Å². The third-order valence-electron chi connectivity index (χ3n) is 6.16. The van der Waals surface area contributed by atoms with Crippen LogP contribution in [0.25, 0.3) is 0 Å². The average molecular weight is 373 g/mol. The van der Waals surface area contributed by atoms with Crippen LogP contribution in [0.2, 0.25) is 0 Å². The summed E-state index contributed by atoms with van der Waals surface area (Å²) in [6.07, 6.45) is 17.0. The molecular formula is C25H40O2. The van der Waals surface area contributed by atoms with E-state index in [9.17, 15) is 4.79 Å². The van der Waals surface area contributed by atoms with Crippen LogP contribution in [-0.4, -0.2) is 12.6 Å². The van der Waals surface area contributed by atoms with Crippen molar-refractivity contribution in [2.75, 3.05) is 6.61 Å². The molecule has 1 aromatic carbocycles. The zero-order chi connectivity index (χ0) is 19.3. The number of ether oxygens (including phenoxy) is 1. The number of carbonyl (C=O) groups excluding carboxylic acids is 1. The van der Waals surface area contributed by atoms with E-state index in [1.807, 2.05) is 12.1 Å². The van der Waals surface area contributed by atoms with Crippen molar-refractivity contribution in [3.05, 3.63) is 35.4 Å². The predicted octanol–water partition coefficient (Wildman–Crippen LogP) is 7.67. The van der Waals surface area contributed by atoms with E-state index in [1.165, 1.54) is 69.8 Å². The molecule has 1 aliphatic carbocycles. The molecule has 0 saturated heterocycles. The van der Waals surface area contributed by atoms with Gasteiger partial charge in [-0.25, -0.2) is 4.79 Å². The monoisotopic (exact) mass is 372 g/mol. The van der Waals surface area contributed by atoms with Gasteiger partial charge in [0, 0.05) is 0 Å². The molecule has 2 nitrogen and oxygen atoms in total. The molecule has 1 aliphatic rings. The Balaban J connectivity index is 1.69. The molecule has 0 bridgehead atoms. The van der Waals surface area contributed by atoms with Gasteiger partial charge in [0.15, 0.2) is 0 Å². The number of hydrogen-bond acceptors (Lipinski definition) is 2. The third-order valence-corrected chi connectivity index (χ3v) is 6.16. The fraction of sp³-hybridized carbons (Fsp3) is 0.720. The van der Waals surface area contributed by atoms with Crippen molar-refractivity contribution in [2.24, 2.45) is 5.92 Å². The average Bonchev–Trinajstić information content (AvgIpc) is 2.71. The van der Waals surface area contributed by atoms with Crippen molar-refractivity contribution in [1.82, 2.24) is 0 Å². The van der Waals surface area contributed by atoms with E-state index in [0.717, 1.165) is 25.2 Å². The first-order chi connectivity index (χ1) is 13.2. The van der Waals surface area contributed by atoms with Crippen molar-refractivity contribution in [1.29, 1.82) is 0 Å². The highest BCUT2D eigenvalue weighted by molar-refractivity contribution is 5.89. The maximum atomic E-state index is 12.1. The van der Waals surface area contributed by atoms with Crippen LogP contribution in [0.4, 0.5) is 0 Å². The van der Waals surface area contributed by atoms with Crippen molar-refractivity contribution in [3.63, 3.8) is 0 Å². The molecule has 1 saturated carbocycles. The van der Waals surface area contributed by atoms with Gasteiger partial charge in [0.2, 0.25) is 0 Å². The molecule has 2 rings (SSSR count). The summed E-state index contributed by atoms with van der Waals surface area (Å²) < 4.78 is 5.35. The van der Waals surface area contributed by atoms with Crippen molar-refractivity contribution in [2.45, 2.75) is 103 Å². The predicted molar refractivity (Wildman–Crippen MR) is 114 cm³/mol. The summed E-state index contributed by atoms with van der Waals surface area (Å²) >= 11 is 0. The molecule has 1 fully saturated rings. The van der Waals surface area contributed by atoms with E-state index in [2.05, 4.69) is 26.0 Å². The van der Waals surface area contributed by atoms with Gasteiger partial charge in [-0.2, -0.15) is 0 Å². The van der Waals surface area contributed by atoms with Crippen molar-refractivity contribution < 1.29 is 9.53 Å². The van der Waals surface area contributed by atoms with Crippen LogP contribution in [0.1, 0.15) is 119 Å². The van der Waals surface area contributed by atoms with Crippen LogP contribution < -0.4 is 0 Å². The number of hydrogen-bond donors (Lipinski definition) is 0. The van der Waals surface area contributed by atoms with E-state index in [1.54, 1.807) is 0 Å². The van der Waals surface area contributed by atoms with Gasteiger partial charge in [0.05, 0.1) is 12.2 Å². The summed E-state index contributed by atoms with van der Waals surface area (Å²) in [6, 6.07) is 8.21. The molecule has 2 heteroatoms. The summed E-state index contributed by atoms with van der Waals surface area (Å²) in [7, 11) is 0. The summed E-state index contributed by atoms with van der Waals surface area (Å²) in [5.41, 5.74) is 2.09. The van der Waals surface area contributed by atoms with Gasteiger partial charge < -0.3 is 4.74 Å². The van der Waals surface area contributed by atoms with E-state index >= 15 is 0 Å². The second-order valence-electron chi connectivity index (χ2n) is 8.39. The topological polar surface area (TPSA) is 26.3 Å². The molecule has 27 heavy (non-hydrogen) atoms. The van der Waals surface area contributed by atoms with E-state index in [-0.39, 0.29) is 5.97 Å². The molecule has 0 radical (unpaired) electrons. The lowest BCUT2D eigenvalue weighted by atomic mass is 9.77. The van der Waals surface area contributed by atoms with Crippen molar-refractivity contribution in [3.8, 4) is 0 Å². The molecule has 0 N–H and O–H groups in total. The normalized spacial score (nSPS) is 19.8. The lowest BCUT2D eigenvalue weighted by molar-refractivity contribution is 0.0498. The summed E-state index contributed by atoms with van der Waals surface area (Å²) in [6.45, 7) is 4.98. The Morgan fingerprint density at radius 2 is 1.48 bits per heavy atom. The largest absolute Gasteiger partial charge is 0.462 e. The highest BCUT2D eigenvalue weighted by Gasteiger charge is 2.22. The van der Waals surface area contributed by atoms with Crippen LogP contribution in [0.5, 0.6) is 0 Å². The van der Waals surface area contributed by atoms with Crippen LogP contribution >= 0.6 is 0 Å². The van der Waals surface area contributed by atoms with Gasteiger partial charge in [-0.3, -0.25) is 0 Å². The minimum atomic E-state index is -0.176. The van der Waals surface area contributed by atoms with Gasteiger partial charge in [-0.1, -0.05) is 77.3 Å². The van der Waals surface area contributed by atoms with Crippen LogP contribution in [-0.2, 0) is 4.74 Å². The van der Waals surface area contributed by atoms with Crippen LogP contribution in [0, 0.1) is 5.92 Å². The van der Waals surface area contributed by atoms with Crippen molar-refractivity contribution >= 4 is 5.97 Å². The second-order valence-corrected chi connectivity index (χ2v) is 8.39. The molecular weight excluding hydrogens is 332 g/mol. The fourth-order valence-corrected chi connectivity index (χ4v) is 4.31. The Morgan fingerprint density at radius 1 is 0.852 bits per heavy atom. The van der Waals surface area contributed by atoms with Gasteiger partial charge in [-0.15, -0.1) is 0 Å². The number of carbonyl (C=O) groups is 1. The second kappa shape index (κ2) is 13.0. The van der Waals surface area contributed by atoms with E-state index < -0.39 is 0 Å². The molecule has 0 aliphatic heterocycles. The van der Waals surface area contributed by atoms with E-state index in [0.29, 0.717) is 18.1 Å². The third kappa shape index (κ3) is 8.07. The smallest absolute Gasteiger partial charge is 0.338 e. The lowest BCUT2D eigenvalue weighted by Gasteiger charge is -2.29. The van der Waals surface area contributed by atoms with Crippen LogP contribution in [0.15, 0.2) is 24.3 Å². The number of esters is 1. The molecule has 0 spiro atoms. The maximum absolute atomic E-state index is 12.1. The highest BCUT2D eigenvalue weighted by atomic mass is 16.5.